The number of furan rings is 1. The fourth-order valence-electron chi connectivity index (χ4n) is 3.99. The number of pyridine rings is 1. The van der Waals surface area contributed by atoms with E-state index in [1.54, 1.807) is 25.8 Å². The van der Waals surface area contributed by atoms with E-state index in [-0.39, 0.29) is 17.7 Å². The van der Waals surface area contributed by atoms with Gasteiger partial charge in [0.25, 0.3) is 5.91 Å². The van der Waals surface area contributed by atoms with Crippen molar-refractivity contribution in [1.29, 1.82) is 0 Å². The number of methoxy groups -OCH3 is 1. The normalized spacial score (nSPS) is 15.3. The Kier molecular flexibility index (Phi) is 6.62. The fraction of sp³-hybridized carbons (Fsp3) is 0.240. The Morgan fingerprint density at radius 2 is 1.91 bits per heavy atom. The van der Waals surface area contributed by atoms with Crippen LogP contribution in [0.1, 0.15) is 30.7 Å². The molecular formula is C25H24N6O3S. The molecule has 178 valence electrons. The molecule has 35 heavy (non-hydrogen) atoms. The van der Waals surface area contributed by atoms with Crippen LogP contribution in [0.4, 0.5) is 0 Å². The maximum Gasteiger partial charge on any atom is 0.253 e. The van der Waals surface area contributed by atoms with Gasteiger partial charge in [0.2, 0.25) is 0 Å². The van der Waals surface area contributed by atoms with Gasteiger partial charge in [0.15, 0.2) is 11.0 Å². The standard InChI is InChI=1S/C25H24N6O3S/c1-3-30-24(18-10-12-26-13-11-18)27-28-25(30)35-16-23(32)31-21(22-5-4-14-34-22)15-20(29-31)17-6-8-19(33-2)9-7-17/h4-14,21H,3,15-16H2,1-2H3/t21-/m1/s1. The van der Waals surface area contributed by atoms with Crippen LogP contribution in [0.25, 0.3) is 11.4 Å². The highest BCUT2D eigenvalue weighted by molar-refractivity contribution is 7.99. The molecule has 10 heteroatoms. The van der Waals surface area contributed by atoms with Crippen molar-refractivity contribution in [2.45, 2.75) is 31.1 Å². The van der Waals surface area contributed by atoms with E-state index in [9.17, 15) is 4.79 Å². The predicted octanol–water partition coefficient (Wildman–Crippen LogP) is 4.43. The molecule has 9 nitrogen and oxygen atoms in total. The van der Waals surface area contributed by atoms with E-state index in [4.69, 9.17) is 14.3 Å². The van der Waals surface area contributed by atoms with Crippen LogP contribution in [0.3, 0.4) is 0 Å². The monoisotopic (exact) mass is 488 g/mol. The van der Waals surface area contributed by atoms with Gasteiger partial charge in [0.1, 0.15) is 17.6 Å². The van der Waals surface area contributed by atoms with Crippen LogP contribution in [0.2, 0.25) is 0 Å². The lowest BCUT2D eigenvalue weighted by atomic mass is 10.0. The average molecular weight is 489 g/mol. The topological polar surface area (TPSA) is 98.6 Å². The number of rotatable bonds is 8. The molecule has 0 unspecified atom stereocenters. The van der Waals surface area contributed by atoms with Gasteiger partial charge in [-0.05, 0) is 61.0 Å². The second-order valence-electron chi connectivity index (χ2n) is 7.82. The molecule has 0 aliphatic carbocycles. The van der Waals surface area contributed by atoms with Crippen molar-refractivity contribution in [3.05, 3.63) is 78.5 Å². The lowest BCUT2D eigenvalue weighted by Crippen LogP contribution is -2.28. The Bertz CT molecular complexity index is 1320. The lowest BCUT2D eigenvalue weighted by molar-refractivity contribution is -0.130. The quantitative estimate of drug-likeness (QED) is 0.338. The molecule has 1 aliphatic rings. The van der Waals surface area contributed by atoms with Crippen LogP contribution in [-0.4, -0.2) is 49.2 Å². The third kappa shape index (κ3) is 4.69. The zero-order chi connectivity index (χ0) is 24.2. The van der Waals surface area contributed by atoms with E-state index in [0.717, 1.165) is 28.4 Å². The van der Waals surface area contributed by atoms with Crippen molar-refractivity contribution < 1.29 is 13.9 Å². The molecular weight excluding hydrogens is 464 g/mol. The first-order valence-corrected chi connectivity index (χ1v) is 12.2. The number of thioether (sulfide) groups is 1. The molecule has 0 radical (unpaired) electrons. The Labute approximate surface area is 206 Å². The lowest BCUT2D eigenvalue weighted by Gasteiger charge is -2.19. The van der Waals surface area contributed by atoms with Gasteiger partial charge in [0, 0.05) is 30.9 Å². The number of carbonyl (C=O) groups is 1. The highest BCUT2D eigenvalue weighted by Gasteiger charge is 2.35. The molecule has 0 saturated carbocycles. The van der Waals surface area contributed by atoms with Crippen molar-refractivity contribution in [2.24, 2.45) is 5.10 Å². The molecule has 5 rings (SSSR count). The van der Waals surface area contributed by atoms with Crippen molar-refractivity contribution in [2.75, 3.05) is 12.9 Å². The number of benzene rings is 1. The van der Waals surface area contributed by atoms with E-state index in [0.29, 0.717) is 23.9 Å². The molecule has 0 fully saturated rings. The summed E-state index contributed by atoms with van der Waals surface area (Å²) in [6.07, 6.45) is 5.62. The number of hydrazone groups is 1. The number of carbonyl (C=O) groups excluding carboxylic acids is 1. The number of nitrogens with zero attached hydrogens (tertiary/aromatic N) is 6. The summed E-state index contributed by atoms with van der Waals surface area (Å²) in [5, 5.41) is 15.6. The summed E-state index contributed by atoms with van der Waals surface area (Å²) < 4.78 is 12.9. The first kappa shape index (κ1) is 22.9. The molecule has 1 atom stereocenters. The van der Waals surface area contributed by atoms with Crippen LogP contribution < -0.4 is 4.74 Å². The van der Waals surface area contributed by atoms with Crippen molar-refractivity contribution in [3.63, 3.8) is 0 Å². The van der Waals surface area contributed by atoms with Crippen molar-refractivity contribution in [3.8, 4) is 17.1 Å². The first-order valence-electron chi connectivity index (χ1n) is 11.2. The summed E-state index contributed by atoms with van der Waals surface area (Å²) in [5.41, 5.74) is 2.70. The van der Waals surface area contributed by atoms with Gasteiger partial charge in [-0.2, -0.15) is 5.10 Å². The van der Waals surface area contributed by atoms with Crippen LogP contribution in [-0.2, 0) is 11.3 Å². The predicted molar refractivity (Wildman–Crippen MR) is 132 cm³/mol. The van der Waals surface area contributed by atoms with Gasteiger partial charge in [0.05, 0.1) is 24.8 Å². The van der Waals surface area contributed by atoms with E-state index in [2.05, 4.69) is 15.2 Å². The Morgan fingerprint density at radius 3 is 2.60 bits per heavy atom. The van der Waals surface area contributed by atoms with Crippen molar-refractivity contribution >= 4 is 23.4 Å². The number of hydrogen-bond acceptors (Lipinski definition) is 8. The Hall–Kier alpha value is -3.92. The third-order valence-corrected chi connectivity index (χ3v) is 6.71. The largest absolute Gasteiger partial charge is 0.497 e. The number of ether oxygens (including phenoxy) is 1. The molecule has 0 saturated heterocycles. The minimum atomic E-state index is -0.299. The molecule has 1 amide bonds. The van der Waals surface area contributed by atoms with Gasteiger partial charge < -0.3 is 13.7 Å². The summed E-state index contributed by atoms with van der Waals surface area (Å²) in [6.45, 7) is 2.71. The van der Waals surface area contributed by atoms with Crippen LogP contribution in [0, 0.1) is 0 Å². The molecule has 4 aromatic rings. The summed E-state index contributed by atoms with van der Waals surface area (Å²) in [5.74, 6) is 2.26. The average Bonchev–Trinajstić information content (AvgIpc) is 3.67. The van der Waals surface area contributed by atoms with Gasteiger partial charge in [-0.15, -0.1) is 10.2 Å². The van der Waals surface area contributed by atoms with E-state index in [1.807, 2.05) is 60.0 Å². The Balaban J connectivity index is 1.36. The Morgan fingerprint density at radius 1 is 1.11 bits per heavy atom. The van der Waals surface area contributed by atoms with Crippen LogP contribution >= 0.6 is 11.8 Å². The van der Waals surface area contributed by atoms with Crippen LogP contribution in [0.15, 0.2) is 81.9 Å². The maximum absolute atomic E-state index is 13.3. The summed E-state index contributed by atoms with van der Waals surface area (Å²) in [7, 11) is 1.63. The number of hydrogen-bond donors (Lipinski definition) is 0. The van der Waals surface area contributed by atoms with E-state index >= 15 is 0 Å². The molecule has 3 aromatic heterocycles. The van der Waals surface area contributed by atoms with Gasteiger partial charge in [-0.3, -0.25) is 9.78 Å². The second-order valence-corrected chi connectivity index (χ2v) is 8.77. The smallest absolute Gasteiger partial charge is 0.253 e. The highest BCUT2D eigenvalue weighted by atomic mass is 32.2. The van der Waals surface area contributed by atoms with Gasteiger partial charge >= 0.3 is 0 Å². The van der Waals surface area contributed by atoms with Gasteiger partial charge in [-0.25, -0.2) is 5.01 Å². The number of amides is 1. The zero-order valence-electron chi connectivity index (χ0n) is 19.4. The second kappa shape index (κ2) is 10.1. The number of aromatic nitrogens is 4. The summed E-state index contributed by atoms with van der Waals surface area (Å²) >= 11 is 1.35. The van der Waals surface area contributed by atoms with E-state index < -0.39 is 0 Å². The van der Waals surface area contributed by atoms with Gasteiger partial charge in [-0.1, -0.05) is 11.8 Å². The molecule has 0 spiro atoms. The van der Waals surface area contributed by atoms with E-state index in [1.165, 1.54) is 16.8 Å². The maximum atomic E-state index is 13.3. The SMILES string of the molecule is CCn1c(SCC(=O)N2N=C(c3ccc(OC)cc3)C[C@@H]2c2ccco2)nnc1-c1ccncc1. The molecule has 1 aliphatic heterocycles. The van der Waals surface area contributed by atoms with Crippen LogP contribution in [0.5, 0.6) is 5.75 Å². The highest BCUT2D eigenvalue weighted by Crippen LogP contribution is 2.34. The zero-order valence-corrected chi connectivity index (χ0v) is 20.2. The molecule has 0 bridgehead atoms. The minimum Gasteiger partial charge on any atom is -0.497 e. The third-order valence-electron chi connectivity index (χ3n) is 5.76. The molecule has 4 heterocycles. The molecule has 0 N–H and O–H groups in total. The van der Waals surface area contributed by atoms with Crippen molar-refractivity contribution in [1.82, 2.24) is 24.8 Å². The minimum absolute atomic E-state index is 0.129. The first-order chi connectivity index (χ1) is 17.2. The summed E-state index contributed by atoms with van der Waals surface area (Å²) in [4.78, 5) is 17.4. The molecule has 1 aromatic carbocycles. The summed E-state index contributed by atoms with van der Waals surface area (Å²) in [6, 6.07) is 14.9. The fourth-order valence-corrected chi connectivity index (χ4v) is 4.84.